The molecular formula is C25H17F5N2O2. The molecule has 0 saturated carbocycles. The fourth-order valence-corrected chi connectivity index (χ4v) is 4.03. The van der Waals surface area contributed by atoms with Crippen molar-refractivity contribution in [3.8, 4) is 17.6 Å². The SMILES string of the molecule is CC1(C)C(=O)N(Cc2c(Oc3cc(F)cc(F)c3)cccc2C(F)(F)F)c2cc(C#N)ccc21. The Balaban J connectivity index is 1.84. The van der Waals surface area contributed by atoms with E-state index in [4.69, 9.17) is 4.74 Å². The van der Waals surface area contributed by atoms with E-state index in [-0.39, 0.29) is 22.6 Å². The molecule has 4 rings (SSSR count). The summed E-state index contributed by atoms with van der Waals surface area (Å²) >= 11 is 0. The Bertz CT molecular complexity index is 1320. The normalized spacial score (nSPS) is 14.6. The molecule has 0 unspecified atom stereocenters. The van der Waals surface area contributed by atoms with Crippen LogP contribution in [0.15, 0.2) is 54.6 Å². The lowest BCUT2D eigenvalue weighted by Gasteiger charge is -2.24. The molecule has 3 aromatic carbocycles. The summed E-state index contributed by atoms with van der Waals surface area (Å²) in [7, 11) is 0. The van der Waals surface area contributed by atoms with Crippen LogP contribution in [-0.4, -0.2) is 5.91 Å². The monoisotopic (exact) mass is 472 g/mol. The summed E-state index contributed by atoms with van der Waals surface area (Å²) in [5, 5.41) is 9.26. The predicted molar refractivity (Wildman–Crippen MR) is 113 cm³/mol. The van der Waals surface area contributed by atoms with Gasteiger partial charge in [-0.15, -0.1) is 0 Å². The number of rotatable bonds is 4. The zero-order valence-electron chi connectivity index (χ0n) is 18.0. The van der Waals surface area contributed by atoms with E-state index in [1.54, 1.807) is 19.9 Å². The molecule has 34 heavy (non-hydrogen) atoms. The average Bonchev–Trinajstić information content (AvgIpc) is 2.93. The topological polar surface area (TPSA) is 53.3 Å². The largest absolute Gasteiger partial charge is 0.457 e. The number of fused-ring (bicyclic) bond motifs is 1. The van der Waals surface area contributed by atoms with Crippen molar-refractivity contribution in [2.75, 3.05) is 4.90 Å². The highest BCUT2D eigenvalue weighted by Crippen LogP contribution is 2.45. The molecule has 0 aromatic heterocycles. The number of ether oxygens (including phenoxy) is 1. The van der Waals surface area contributed by atoms with Crippen LogP contribution in [-0.2, 0) is 22.9 Å². The molecule has 4 nitrogen and oxygen atoms in total. The first-order valence-corrected chi connectivity index (χ1v) is 10.1. The number of benzene rings is 3. The fourth-order valence-electron chi connectivity index (χ4n) is 4.03. The number of alkyl halides is 3. The van der Waals surface area contributed by atoms with Crippen molar-refractivity contribution >= 4 is 11.6 Å². The molecule has 0 saturated heterocycles. The molecule has 1 aliphatic rings. The summed E-state index contributed by atoms with van der Waals surface area (Å²) in [6.45, 7) is 2.75. The quantitative estimate of drug-likeness (QED) is 0.409. The highest BCUT2D eigenvalue weighted by Gasteiger charge is 2.45. The molecule has 1 amide bonds. The molecule has 0 N–H and O–H groups in total. The van der Waals surface area contributed by atoms with Crippen molar-refractivity contribution in [3.05, 3.63) is 88.5 Å². The van der Waals surface area contributed by atoms with E-state index in [9.17, 15) is 32.0 Å². The van der Waals surface area contributed by atoms with Crippen molar-refractivity contribution in [2.24, 2.45) is 0 Å². The van der Waals surface area contributed by atoms with E-state index in [0.29, 0.717) is 17.3 Å². The van der Waals surface area contributed by atoms with Crippen LogP contribution in [0.2, 0.25) is 0 Å². The summed E-state index contributed by atoms with van der Waals surface area (Å²) in [6, 6.07) is 12.0. The smallest absolute Gasteiger partial charge is 0.416 e. The van der Waals surface area contributed by atoms with E-state index in [1.807, 2.05) is 6.07 Å². The van der Waals surface area contributed by atoms with Crippen molar-refractivity contribution < 1.29 is 31.5 Å². The number of carbonyl (C=O) groups excluding carboxylic acids is 1. The molecule has 0 spiro atoms. The lowest BCUT2D eigenvalue weighted by Crippen LogP contribution is -2.36. The zero-order valence-corrected chi connectivity index (χ0v) is 18.0. The number of halogens is 5. The van der Waals surface area contributed by atoms with Crippen LogP contribution < -0.4 is 9.64 Å². The standard InChI is InChI=1S/C25H17F5N2O2/c1-24(2)20-7-6-14(12-31)8-21(20)32(23(24)33)13-18-19(25(28,29)30)4-3-5-22(18)34-17-10-15(26)9-16(27)11-17/h3-11H,13H2,1-2H3. The first-order chi connectivity index (χ1) is 15.9. The van der Waals surface area contributed by atoms with Crippen molar-refractivity contribution in [1.82, 2.24) is 0 Å². The first kappa shape index (κ1) is 23.2. The van der Waals surface area contributed by atoms with Gasteiger partial charge in [-0.1, -0.05) is 12.1 Å². The van der Waals surface area contributed by atoms with Gasteiger partial charge in [-0.05, 0) is 43.7 Å². The number of hydrogen-bond acceptors (Lipinski definition) is 3. The Kier molecular flexibility index (Phi) is 5.56. The van der Waals surface area contributed by atoms with Crippen LogP contribution in [0, 0.1) is 23.0 Å². The van der Waals surface area contributed by atoms with Gasteiger partial charge in [0.1, 0.15) is 23.1 Å². The van der Waals surface area contributed by atoms with Gasteiger partial charge in [-0.25, -0.2) is 8.78 Å². The highest BCUT2D eigenvalue weighted by molar-refractivity contribution is 6.07. The van der Waals surface area contributed by atoms with Crippen LogP contribution in [0.3, 0.4) is 0 Å². The number of nitriles is 1. The Morgan fingerprint density at radius 3 is 2.32 bits per heavy atom. The van der Waals surface area contributed by atoms with Crippen molar-refractivity contribution in [3.63, 3.8) is 0 Å². The van der Waals surface area contributed by atoms with Gasteiger partial charge in [-0.2, -0.15) is 18.4 Å². The first-order valence-electron chi connectivity index (χ1n) is 10.1. The van der Waals surface area contributed by atoms with Gasteiger partial charge < -0.3 is 9.64 Å². The minimum absolute atomic E-state index is 0.241. The molecular weight excluding hydrogens is 455 g/mol. The summed E-state index contributed by atoms with van der Waals surface area (Å²) in [5.41, 5.74) is -1.37. The maximum Gasteiger partial charge on any atom is 0.416 e. The minimum atomic E-state index is -4.79. The average molecular weight is 472 g/mol. The Hall–Kier alpha value is -3.93. The molecule has 1 heterocycles. The van der Waals surface area contributed by atoms with Crippen LogP contribution in [0.5, 0.6) is 11.5 Å². The van der Waals surface area contributed by atoms with Crippen molar-refractivity contribution in [1.29, 1.82) is 5.26 Å². The Morgan fingerprint density at radius 2 is 1.71 bits per heavy atom. The lowest BCUT2D eigenvalue weighted by molar-refractivity contribution is -0.138. The third-order valence-electron chi connectivity index (χ3n) is 5.69. The van der Waals surface area contributed by atoms with E-state index in [2.05, 4.69) is 0 Å². The van der Waals surface area contributed by atoms with Crippen LogP contribution in [0.25, 0.3) is 0 Å². The number of carbonyl (C=O) groups is 1. The second-order valence-corrected chi connectivity index (χ2v) is 8.35. The third kappa shape index (κ3) is 4.07. The number of anilines is 1. The second kappa shape index (κ2) is 8.13. The molecule has 0 radical (unpaired) electrons. The molecule has 0 atom stereocenters. The van der Waals surface area contributed by atoms with Gasteiger partial charge in [0, 0.05) is 29.4 Å². The minimum Gasteiger partial charge on any atom is -0.457 e. The molecule has 0 aliphatic carbocycles. The molecule has 3 aromatic rings. The highest BCUT2D eigenvalue weighted by atomic mass is 19.4. The van der Waals surface area contributed by atoms with Gasteiger partial charge in [-0.3, -0.25) is 4.79 Å². The second-order valence-electron chi connectivity index (χ2n) is 8.35. The Morgan fingerprint density at radius 1 is 1.03 bits per heavy atom. The van der Waals surface area contributed by atoms with Gasteiger partial charge in [0.2, 0.25) is 5.91 Å². The maximum absolute atomic E-state index is 13.9. The van der Waals surface area contributed by atoms with Gasteiger partial charge in [0.05, 0.1) is 29.2 Å². The van der Waals surface area contributed by atoms with E-state index in [1.165, 1.54) is 23.1 Å². The van der Waals surface area contributed by atoms with Gasteiger partial charge in [0.15, 0.2) is 0 Å². The van der Waals surface area contributed by atoms with Gasteiger partial charge >= 0.3 is 6.18 Å². The van der Waals surface area contributed by atoms with Crippen molar-refractivity contribution in [2.45, 2.75) is 32.0 Å². The van der Waals surface area contributed by atoms with Gasteiger partial charge in [0.25, 0.3) is 0 Å². The predicted octanol–water partition coefficient (Wildman–Crippen LogP) is 6.47. The lowest BCUT2D eigenvalue weighted by atomic mass is 9.86. The molecule has 1 aliphatic heterocycles. The number of amides is 1. The van der Waals surface area contributed by atoms with Crippen LogP contribution in [0.1, 0.15) is 36.1 Å². The van der Waals surface area contributed by atoms with Crippen LogP contribution >= 0.6 is 0 Å². The fraction of sp³-hybridized carbons (Fsp3) is 0.200. The summed E-state index contributed by atoms with van der Waals surface area (Å²) in [6.07, 6.45) is -4.79. The maximum atomic E-state index is 13.9. The molecule has 0 bridgehead atoms. The molecule has 0 fully saturated rings. The summed E-state index contributed by atoms with van der Waals surface area (Å²) in [5.74, 6) is -3.03. The van der Waals surface area contributed by atoms with E-state index < -0.39 is 41.2 Å². The number of hydrogen-bond donors (Lipinski definition) is 0. The van der Waals surface area contributed by atoms with E-state index in [0.717, 1.165) is 24.3 Å². The zero-order chi connectivity index (χ0) is 24.8. The van der Waals surface area contributed by atoms with E-state index >= 15 is 0 Å². The Labute approximate surface area is 191 Å². The molecule has 9 heteroatoms. The summed E-state index contributed by atoms with van der Waals surface area (Å²) in [4.78, 5) is 14.4. The number of nitrogens with zero attached hydrogens (tertiary/aromatic N) is 2. The molecule has 174 valence electrons. The van der Waals surface area contributed by atoms with Crippen LogP contribution in [0.4, 0.5) is 27.6 Å². The summed E-state index contributed by atoms with van der Waals surface area (Å²) < 4.78 is 74.4. The third-order valence-corrected chi connectivity index (χ3v) is 5.69.